The Morgan fingerprint density at radius 1 is 1.43 bits per heavy atom. The van der Waals surface area contributed by atoms with Gasteiger partial charge in [0.15, 0.2) is 6.10 Å². The third-order valence-electron chi connectivity index (χ3n) is 4.25. The number of benzene rings is 1. The van der Waals surface area contributed by atoms with Gasteiger partial charge in [0.25, 0.3) is 0 Å². The van der Waals surface area contributed by atoms with Crippen LogP contribution in [0.3, 0.4) is 0 Å². The van der Waals surface area contributed by atoms with Crippen LogP contribution in [0.2, 0.25) is 0 Å². The molecule has 1 aromatic rings. The number of para-hydroxylation sites is 1. The Morgan fingerprint density at radius 3 is 3.00 bits per heavy atom. The largest absolute Gasteiger partial charge is 0.496 e. The van der Waals surface area contributed by atoms with Crippen molar-refractivity contribution >= 4 is 5.97 Å². The predicted octanol–water partition coefficient (Wildman–Crippen LogP) is 2.33. The zero-order valence-electron chi connectivity index (χ0n) is 12.5. The molecule has 0 spiro atoms. The minimum absolute atomic E-state index is 0.0595. The van der Waals surface area contributed by atoms with E-state index in [2.05, 4.69) is 0 Å². The van der Waals surface area contributed by atoms with Gasteiger partial charge in [-0.2, -0.15) is 5.06 Å². The first-order chi connectivity index (χ1) is 10.3. The summed E-state index contributed by atoms with van der Waals surface area (Å²) in [6.45, 7) is 3.02. The standard InChI is InChI=1S/C16H21NO4/c1-3-20-16(18)15-12-8-6-10-17(21-15)14(12)11-7-4-5-9-13(11)19-2/h4-5,7,9,12,14-15H,3,6,8,10H2,1-2H3/t12-,14-,15+/m0/s1. The molecule has 4 atom stereocenters. The van der Waals surface area contributed by atoms with Crippen molar-refractivity contribution in [3.8, 4) is 5.75 Å². The van der Waals surface area contributed by atoms with Gasteiger partial charge in [-0.05, 0) is 25.8 Å². The number of carbonyl (C=O) groups is 1. The van der Waals surface area contributed by atoms with Gasteiger partial charge >= 0.3 is 5.97 Å². The van der Waals surface area contributed by atoms with Crippen molar-refractivity contribution in [3.63, 3.8) is 0 Å². The number of methoxy groups -OCH3 is 1. The summed E-state index contributed by atoms with van der Waals surface area (Å²) in [6.07, 6.45) is 1.50. The van der Waals surface area contributed by atoms with Crippen LogP contribution in [0.4, 0.5) is 0 Å². The smallest absolute Gasteiger partial charge is 0.337 e. The van der Waals surface area contributed by atoms with Crippen molar-refractivity contribution in [2.75, 3.05) is 20.3 Å². The number of rotatable bonds is 4. The number of esters is 1. The number of carbonyl (C=O) groups excluding carboxylic acids is 1. The summed E-state index contributed by atoms with van der Waals surface area (Å²) < 4.78 is 10.6. The zero-order valence-corrected chi connectivity index (χ0v) is 12.5. The SMILES string of the molecule is CCOC(=O)[C@@H]1ON2CCC[C@H]1[C@@H]2c1ccccc1OC. The maximum absolute atomic E-state index is 12.1. The molecule has 2 bridgehead atoms. The highest BCUT2D eigenvalue weighted by Crippen LogP contribution is 2.47. The number of nitrogens with zero attached hydrogens (tertiary/aromatic N) is 1. The molecule has 3 rings (SSSR count). The van der Waals surface area contributed by atoms with Gasteiger partial charge in [-0.15, -0.1) is 0 Å². The molecule has 2 aliphatic rings. The van der Waals surface area contributed by atoms with E-state index in [1.807, 2.05) is 36.3 Å². The van der Waals surface area contributed by atoms with E-state index in [9.17, 15) is 4.79 Å². The maximum atomic E-state index is 12.1. The van der Waals surface area contributed by atoms with E-state index in [1.54, 1.807) is 7.11 Å². The molecule has 0 aliphatic carbocycles. The molecule has 114 valence electrons. The summed E-state index contributed by atoms with van der Waals surface area (Å²) in [5.74, 6) is 0.702. The lowest BCUT2D eigenvalue weighted by Gasteiger charge is -2.31. The zero-order chi connectivity index (χ0) is 14.8. The van der Waals surface area contributed by atoms with E-state index in [4.69, 9.17) is 14.3 Å². The van der Waals surface area contributed by atoms with Gasteiger partial charge in [0.1, 0.15) is 5.75 Å². The number of ether oxygens (including phenoxy) is 2. The molecule has 2 heterocycles. The van der Waals surface area contributed by atoms with Crippen LogP contribution in [0.15, 0.2) is 24.3 Å². The first-order valence-electron chi connectivity index (χ1n) is 7.49. The summed E-state index contributed by atoms with van der Waals surface area (Å²) in [4.78, 5) is 18.0. The molecule has 0 aromatic heterocycles. The average Bonchev–Trinajstić information content (AvgIpc) is 2.73. The average molecular weight is 291 g/mol. The Labute approximate surface area is 124 Å². The number of hydrogen-bond acceptors (Lipinski definition) is 5. The van der Waals surface area contributed by atoms with E-state index < -0.39 is 6.10 Å². The third-order valence-corrected chi connectivity index (χ3v) is 4.25. The van der Waals surface area contributed by atoms with Gasteiger partial charge in [-0.3, -0.25) is 4.84 Å². The highest BCUT2D eigenvalue weighted by Gasteiger charge is 2.50. The van der Waals surface area contributed by atoms with Crippen molar-refractivity contribution in [3.05, 3.63) is 29.8 Å². The van der Waals surface area contributed by atoms with Crippen LogP contribution in [0.25, 0.3) is 0 Å². The van der Waals surface area contributed by atoms with Crippen LogP contribution in [-0.2, 0) is 14.4 Å². The van der Waals surface area contributed by atoms with Crippen molar-refractivity contribution < 1.29 is 19.1 Å². The molecule has 2 saturated heterocycles. The second-order valence-corrected chi connectivity index (χ2v) is 5.41. The monoisotopic (exact) mass is 291 g/mol. The van der Waals surface area contributed by atoms with E-state index in [0.29, 0.717) is 6.61 Å². The number of fused-ring (bicyclic) bond motifs is 2. The summed E-state index contributed by atoms with van der Waals surface area (Å²) in [5.41, 5.74) is 1.08. The summed E-state index contributed by atoms with van der Waals surface area (Å²) in [5, 5.41) is 1.92. The second-order valence-electron chi connectivity index (χ2n) is 5.41. The molecule has 0 radical (unpaired) electrons. The molecule has 1 unspecified atom stereocenters. The first kappa shape index (κ1) is 14.4. The van der Waals surface area contributed by atoms with E-state index >= 15 is 0 Å². The molecule has 0 N–H and O–H groups in total. The number of hydrogen-bond donors (Lipinski definition) is 0. The molecule has 2 aliphatic heterocycles. The minimum atomic E-state index is -0.498. The van der Waals surface area contributed by atoms with E-state index in [-0.39, 0.29) is 17.9 Å². The lowest BCUT2D eigenvalue weighted by Crippen LogP contribution is -2.32. The third kappa shape index (κ3) is 2.51. The van der Waals surface area contributed by atoms with Crippen LogP contribution >= 0.6 is 0 Å². The van der Waals surface area contributed by atoms with Crippen LogP contribution in [-0.4, -0.2) is 37.4 Å². The first-order valence-corrected chi connectivity index (χ1v) is 7.49. The van der Waals surface area contributed by atoms with Crippen LogP contribution < -0.4 is 4.74 Å². The Morgan fingerprint density at radius 2 is 2.24 bits per heavy atom. The van der Waals surface area contributed by atoms with Crippen LogP contribution in [0.5, 0.6) is 5.75 Å². The molecule has 1 aromatic carbocycles. The Kier molecular flexibility index (Phi) is 4.12. The molecule has 0 saturated carbocycles. The Hall–Kier alpha value is -1.59. The van der Waals surface area contributed by atoms with Gasteiger partial charge < -0.3 is 9.47 Å². The molecule has 2 fully saturated rings. The fourth-order valence-corrected chi connectivity index (χ4v) is 3.39. The van der Waals surface area contributed by atoms with Crippen LogP contribution in [0.1, 0.15) is 31.4 Å². The summed E-state index contributed by atoms with van der Waals surface area (Å²) in [6, 6.07) is 8.00. The van der Waals surface area contributed by atoms with Crippen molar-refractivity contribution in [1.82, 2.24) is 5.06 Å². The highest BCUT2D eigenvalue weighted by atomic mass is 16.7. The highest BCUT2D eigenvalue weighted by molar-refractivity contribution is 5.75. The van der Waals surface area contributed by atoms with Crippen LogP contribution in [0, 0.1) is 5.92 Å². The fourth-order valence-electron chi connectivity index (χ4n) is 3.39. The molecular formula is C16H21NO4. The number of piperidine rings is 1. The van der Waals surface area contributed by atoms with E-state index in [1.165, 1.54) is 0 Å². The second kappa shape index (κ2) is 6.03. The summed E-state index contributed by atoms with van der Waals surface area (Å²) in [7, 11) is 1.67. The summed E-state index contributed by atoms with van der Waals surface area (Å²) >= 11 is 0. The van der Waals surface area contributed by atoms with Crippen molar-refractivity contribution in [2.45, 2.75) is 31.9 Å². The normalized spacial score (nSPS) is 31.0. The maximum Gasteiger partial charge on any atom is 0.337 e. The van der Waals surface area contributed by atoms with Crippen molar-refractivity contribution in [2.24, 2.45) is 5.92 Å². The van der Waals surface area contributed by atoms with Gasteiger partial charge in [-0.1, -0.05) is 18.2 Å². The lowest BCUT2D eigenvalue weighted by atomic mass is 9.83. The molecule has 5 heteroatoms. The molecule has 21 heavy (non-hydrogen) atoms. The molecular weight excluding hydrogens is 270 g/mol. The Bertz CT molecular complexity index is 519. The quantitative estimate of drug-likeness (QED) is 0.797. The Balaban J connectivity index is 1.91. The molecule has 5 nitrogen and oxygen atoms in total. The van der Waals surface area contributed by atoms with Crippen molar-refractivity contribution in [1.29, 1.82) is 0 Å². The lowest BCUT2D eigenvalue weighted by molar-refractivity contribution is -0.188. The van der Waals surface area contributed by atoms with E-state index in [0.717, 1.165) is 30.7 Å². The fraction of sp³-hybridized carbons (Fsp3) is 0.562. The number of hydroxylamine groups is 2. The van der Waals surface area contributed by atoms with Gasteiger partial charge in [0.2, 0.25) is 0 Å². The van der Waals surface area contributed by atoms with Gasteiger partial charge in [0, 0.05) is 18.0 Å². The predicted molar refractivity (Wildman–Crippen MR) is 76.7 cm³/mol. The topological polar surface area (TPSA) is 48.0 Å². The van der Waals surface area contributed by atoms with Gasteiger partial charge in [-0.25, -0.2) is 4.79 Å². The minimum Gasteiger partial charge on any atom is -0.496 e. The molecule has 0 amide bonds. The van der Waals surface area contributed by atoms with Gasteiger partial charge in [0.05, 0.1) is 19.8 Å².